The van der Waals surface area contributed by atoms with Gasteiger partial charge in [-0.1, -0.05) is 0 Å². The number of rotatable bonds is 3. The Morgan fingerprint density at radius 3 is 2.57 bits per heavy atom. The van der Waals surface area contributed by atoms with Crippen LogP contribution in [0.15, 0.2) is 30.3 Å². The lowest BCUT2D eigenvalue weighted by atomic mass is 10.2. The molecule has 1 N–H and O–H groups in total. The first kappa shape index (κ1) is 14.8. The Morgan fingerprint density at radius 2 is 1.87 bits per heavy atom. The zero-order valence-corrected chi connectivity index (χ0v) is 12.9. The predicted octanol–water partition coefficient (Wildman–Crippen LogP) is 2.23. The number of benzene rings is 2. The molecule has 118 valence electrons. The number of fused-ring (bicyclic) bond motifs is 1. The molecule has 7 heteroatoms. The number of carbonyl (C=O) groups excluding carboxylic acids is 1. The molecule has 3 aromatic rings. The Morgan fingerprint density at radius 1 is 1.13 bits per heavy atom. The number of esters is 1. The van der Waals surface area contributed by atoms with E-state index in [4.69, 9.17) is 4.74 Å². The smallest absolute Gasteiger partial charge is 0.337 e. The fraction of sp³-hybridized carbons (Fsp3) is 0.188. The Bertz CT molecular complexity index is 902. The molecule has 3 rings (SSSR count). The molecular weight excluding hydrogens is 298 g/mol. The van der Waals surface area contributed by atoms with E-state index in [1.807, 2.05) is 0 Å². The summed E-state index contributed by atoms with van der Waals surface area (Å²) in [5, 5.41) is 18.9. The van der Waals surface area contributed by atoms with Crippen molar-refractivity contribution >= 4 is 17.0 Å². The van der Waals surface area contributed by atoms with E-state index in [9.17, 15) is 9.90 Å². The van der Waals surface area contributed by atoms with Gasteiger partial charge in [0.05, 0.1) is 19.8 Å². The van der Waals surface area contributed by atoms with Crippen LogP contribution in [0.2, 0.25) is 0 Å². The van der Waals surface area contributed by atoms with Crippen LogP contribution in [0.4, 0.5) is 0 Å². The molecular formula is C16H15N3O4. The third-order valence-corrected chi connectivity index (χ3v) is 3.60. The van der Waals surface area contributed by atoms with Gasteiger partial charge in [-0.05, 0) is 37.3 Å². The van der Waals surface area contributed by atoms with Crippen LogP contribution in [0.3, 0.4) is 0 Å². The van der Waals surface area contributed by atoms with Crippen molar-refractivity contribution in [2.75, 3.05) is 14.2 Å². The second kappa shape index (κ2) is 5.60. The Labute approximate surface area is 132 Å². The molecule has 2 aromatic carbocycles. The van der Waals surface area contributed by atoms with E-state index in [1.165, 1.54) is 19.0 Å². The summed E-state index contributed by atoms with van der Waals surface area (Å²) in [7, 11) is 2.86. The maximum absolute atomic E-state index is 11.6. The Hall–Kier alpha value is -3.09. The predicted molar refractivity (Wildman–Crippen MR) is 83.2 cm³/mol. The topological polar surface area (TPSA) is 86.5 Å². The molecule has 0 unspecified atom stereocenters. The van der Waals surface area contributed by atoms with Crippen LogP contribution >= 0.6 is 0 Å². The fourth-order valence-electron chi connectivity index (χ4n) is 2.32. The lowest BCUT2D eigenvalue weighted by Gasteiger charge is -2.09. The summed E-state index contributed by atoms with van der Waals surface area (Å²) >= 11 is 0. The van der Waals surface area contributed by atoms with E-state index in [0.29, 0.717) is 33.6 Å². The number of hydrogen-bond acceptors (Lipinski definition) is 6. The number of phenolic OH excluding ortho intramolecular Hbond substituents is 1. The number of ether oxygens (including phenoxy) is 2. The minimum Gasteiger partial charge on any atom is -0.505 e. The van der Waals surface area contributed by atoms with Gasteiger partial charge in [0, 0.05) is 5.56 Å². The highest BCUT2D eigenvalue weighted by Gasteiger charge is 2.15. The van der Waals surface area contributed by atoms with Crippen molar-refractivity contribution in [2.45, 2.75) is 6.92 Å². The maximum Gasteiger partial charge on any atom is 0.337 e. The highest BCUT2D eigenvalue weighted by Crippen LogP contribution is 2.32. The minimum absolute atomic E-state index is 0.0397. The van der Waals surface area contributed by atoms with Crippen LogP contribution in [0.1, 0.15) is 15.9 Å². The molecule has 0 aliphatic carbocycles. The molecule has 0 aliphatic rings. The zero-order valence-electron chi connectivity index (χ0n) is 12.9. The van der Waals surface area contributed by atoms with Crippen molar-refractivity contribution in [3.63, 3.8) is 0 Å². The molecule has 0 aliphatic heterocycles. The average Bonchev–Trinajstić information content (AvgIpc) is 2.99. The summed E-state index contributed by atoms with van der Waals surface area (Å²) in [6.07, 6.45) is 0. The van der Waals surface area contributed by atoms with Crippen LogP contribution in [0.5, 0.6) is 11.5 Å². The summed E-state index contributed by atoms with van der Waals surface area (Å²) in [5.41, 5.74) is 2.55. The van der Waals surface area contributed by atoms with Crippen molar-refractivity contribution in [1.29, 1.82) is 0 Å². The van der Waals surface area contributed by atoms with Crippen molar-refractivity contribution in [3.8, 4) is 17.2 Å². The molecule has 7 nitrogen and oxygen atoms in total. The van der Waals surface area contributed by atoms with Crippen molar-refractivity contribution < 1.29 is 19.4 Å². The first-order valence-corrected chi connectivity index (χ1v) is 6.87. The van der Waals surface area contributed by atoms with Gasteiger partial charge in [-0.15, -0.1) is 15.0 Å². The van der Waals surface area contributed by atoms with Crippen LogP contribution < -0.4 is 4.74 Å². The third kappa shape index (κ3) is 2.46. The van der Waals surface area contributed by atoms with Gasteiger partial charge in [0.15, 0.2) is 0 Å². The molecule has 23 heavy (non-hydrogen) atoms. The second-order valence-electron chi connectivity index (χ2n) is 4.95. The molecule has 1 aromatic heterocycles. The molecule has 0 saturated heterocycles. The lowest BCUT2D eigenvalue weighted by molar-refractivity contribution is 0.0601. The van der Waals surface area contributed by atoms with Gasteiger partial charge in [0.25, 0.3) is 0 Å². The quantitative estimate of drug-likeness (QED) is 0.746. The zero-order chi connectivity index (χ0) is 16.6. The molecule has 0 radical (unpaired) electrons. The van der Waals surface area contributed by atoms with Crippen molar-refractivity contribution in [3.05, 3.63) is 41.5 Å². The summed E-state index contributed by atoms with van der Waals surface area (Å²) < 4.78 is 9.86. The van der Waals surface area contributed by atoms with Gasteiger partial charge in [-0.3, -0.25) is 0 Å². The summed E-state index contributed by atoms with van der Waals surface area (Å²) in [6.45, 7) is 1.75. The lowest BCUT2D eigenvalue weighted by Crippen LogP contribution is -2.01. The van der Waals surface area contributed by atoms with Crippen LogP contribution in [0.25, 0.3) is 16.7 Å². The summed E-state index contributed by atoms with van der Waals surface area (Å²) in [5.74, 6) is 0.179. The molecule has 0 spiro atoms. The Kier molecular flexibility index (Phi) is 3.61. The van der Waals surface area contributed by atoms with Gasteiger partial charge in [-0.2, -0.15) is 0 Å². The van der Waals surface area contributed by atoms with Crippen LogP contribution in [-0.4, -0.2) is 40.3 Å². The number of aromatic nitrogens is 3. The van der Waals surface area contributed by atoms with Gasteiger partial charge in [0.2, 0.25) is 0 Å². The third-order valence-electron chi connectivity index (χ3n) is 3.60. The maximum atomic E-state index is 11.6. The van der Waals surface area contributed by atoms with Crippen molar-refractivity contribution in [2.24, 2.45) is 0 Å². The van der Waals surface area contributed by atoms with Gasteiger partial charge >= 0.3 is 5.97 Å². The summed E-state index contributed by atoms with van der Waals surface area (Å²) in [6, 6.07) is 8.29. The normalized spacial score (nSPS) is 10.7. The molecule has 0 saturated carbocycles. The number of hydrogen-bond donors (Lipinski definition) is 1. The van der Waals surface area contributed by atoms with Crippen LogP contribution in [-0.2, 0) is 4.74 Å². The second-order valence-corrected chi connectivity index (χ2v) is 4.95. The van der Waals surface area contributed by atoms with E-state index in [2.05, 4.69) is 14.9 Å². The van der Waals surface area contributed by atoms with Gasteiger partial charge in [-0.25, -0.2) is 4.79 Å². The number of aromatic hydroxyl groups is 1. The van der Waals surface area contributed by atoms with E-state index < -0.39 is 5.97 Å². The van der Waals surface area contributed by atoms with Crippen molar-refractivity contribution in [1.82, 2.24) is 15.0 Å². The van der Waals surface area contributed by atoms with E-state index >= 15 is 0 Å². The first-order chi connectivity index (χ1) is 11.0. The summed E-state index contributed by atoms with van der Waals surface area (Å²) in [4.78, 5) is 12.9. The fourth-order valence-corrected chi connectivity index (χ4v) is 2.32. The highest BCUT2D eigenvalue weighted by molar-refractivity contribution is 5.93. The van der Waals surface area contributed by atoms with E-state index in [1.54, 1.807) is 37.3 Å². The average molecular weight is 313 g/mol. The molecule has 0 atom stereocenters. The van der Waals surface area contributed by atoms with Gasteiger partial charge < -0.3 is 14.6 Å². The highest BCUT2D eigenvalue weighted by atomic mass is 16.5. The number of phenols is 1. The number of methoxy groups -OCH3 is 2. The van der Waals surface area contributed by atoms with Gasteiger partial charge in [0.1, 0.15) is 28.2 Å². The molecule has 1 heterocycles. The molecule has 0 bridgehead atoms. The molecule has 0 amide bonds. The molecule has 0 fully saturated rings. The largest absolute Gasteiger partial charge is 0.505 e. The minimum atomic E-state index is -0.440. The SMILES string of the molecule is COC(=O)c1ccc2nn(-c3ccc(OC)c(C)c3O)nc2c1. The number of carbonyl (C=O) groups is 1. The van der Waals surface area contributed by atoms with E-state index in [0.717, 1.165) is 0 Å². The monoisotopic (exact) mass is 313 g/mol. The Balaban J connectivity index is 2.11. The number of nitrogens with zero attached hydrogens (tertiary/aromatic N) is 3. The van der Waals surface area contributed by atoms with Crippen LogP contribution in [0, 0.1) is 6.92 Å². The van der Waals surface area contributed by atoms with E-state index in [-0.39, 0.29) is 5.75 Å². The first-order valence-electron chi connectivity index (χ1n) is 6.87. The standard InChI is InChI=1S/C16H15N3O4/c1-9-14(22-2)7-6-13(15(9)20)19-17-11-5-4-10(16(21)23-3)8-12(11)18-19/h4-8,20H,1-3H3.